The maximum atomic E-state index is 10.2. The van der Waals surface area contributed by atoms with Gasteiger partial charge in [-0.1, -0.05) is 32.4 Å². The Labute approximate surface area is 154 Å². The molecule has 0 aromatic heterocycles. The molecule has 2 nitrogen and oxygen atoms in total. The number of aliphatic hydroxyl groups is 1. The lowest BCUT2D eigenvalue weighted by Crippen LogP contribution is -2.50. The number of hydrogen-bond donors (Lipinski definition) is 2. The van der Waals surface area contributed by atoms with Crippen molar-refractivity contribution < 1.29 is 5.11 Å². The molecular weight excluding hydrogens is 306 g/mol. The maximum absolute atomic E-state index is 10.2. The Balaban J connectivity index is 1.61. The van der Waals surface area contributed by atoms with Crippen LogP contribution < -0.4 is 5.32 Å². The molecule has 0 saturated heterocycles. The molecule has 142 valence electrons. The molecule has 0 bridgehead atoms. The molecule has 0 radical (unpaired) electrons. The standard InChI is InChI=1S/C23H39NO/c1-15(14-24-4)19-7-8-20-18-6-5-16-13-17(25)9-11-22(16,2)21(18)10-12-23(19,20)3/h6,15-17,19-21,24-25H,5,7-14H2,1-4H3/t15-,16+,17+,19-,20+,21+,22+,23-/m1/s1. The minimum absolute atomic E-state index is 0.0415. The van der Waals surface area contributed by atoms with Crippen molar-refractivity contribution in [1.82, 2.24) is 5.32 Å². The minimum Gasteiger partial charge on any atom is -0.393 e. The van der Waals surface area contributed by atoms with Crippen LogP contribution in [0.5, 0.6) is 0 Å². The van der Waals surface area contributed by atoms with E-state index in [2.05, 4.69) is 39.2 Å². The highest BCUT2D eigenvalue weighted by molar-refractivity contribution is 5.27. The first kappa shape index (κ1) is 18.0. The van der Waals surface area contributed by atoms with Gasteiger partial charge in [-0.05, 0) is 105 Å². The number of allylic oxidation sites excluding steroid dienone is 2. The van der Waals surface area contributed by atoms with Crippen molar-refractivity contribution in [2.24, 2.45) is 40.4 Å². The molecule has 0 unspecified atom stereocenters. The molecule has 3 fully saturated rings. The highest BCUT2D eigenvalue weighted by atomic mass is 16.3. The lowest BCUT2D eigenvalue weighted by atomic mass is 9.47. The van der Waals surface area contributed by atoms with Gasteiger partial charge in [0.1, 0.15) is 0 Å². The smallest absolute Gasteiger partial charge is 0.0543 e. The van der Waals surface area contributed by atoms with E-state index in [1.54, 1.807) is 0 Å². The van der Waals surface area contributed by atoms with Gasteiger partial charge in [-0.25, -0.2) is 0 Å². The van der Waals surface area contributed by atoms with Gasteiger partial charge in [-0.2, -0.15) is 0 Å². The van der Waals surface area contributed by atoms with Crippen molar-refractivity contribution in [3.63, 3.8) is 0 Å². The van der Waals surface area contributed by atoms with E-state index in [4.69, 9.17) is 0 Å². The average molecular weight is 346 g/mol. The molecule has 0 spiro atoms. The Hall–Kier alpha value is -0.340. The molecule has 4 rings (SSSR count). The molecule has 4 aliphatic rings. The quantitative estimate of drug-likeness (QED) is 0.721. The van der Waals surface area contributed by atoms with E-state index in [1.807, 2.05) is 5.57 Å². The van der Waals surface area contributed by atoms with Gasteiger partial charge < -0.3 is 10.4 Å². The molecule has 3 saturated carbocycles. The summed E-state index contributed by atoms with van der Waals surface area (Å²) in [6.07, 6.45) is 12.8. The van der Waals surface area contributed by atoms with Crippen molar-refractivity contribution in [3.8, 4) is 0 Å². The van der Waals surface area contributed by atoms with Gasteiger partial charge in [-0.3, -0.25) is 0 Å². The van der Waals surface area contributed by atoms with Crippen LogP contribution in [0.25, 0.3) is 0 Å². The molecule has 25 heavy (non-hydrogen) atoms. The SMILES string of the molecule is CNC[C@@H](C)[C@H]1CC[C@H]2C3=CC[C@H]4C[C@@H](O)CC[C@]4(C)[C@H]3CC[C@]12C. The first-order valence-electron chi connectivity index (χ1n) is 10.9. The van der Waals surface area contributed by atoms with Crippen LogP contribution in [0, 0.1) is 40.4 Å². The first-order valence-corrected chi connectivity index (χ1v) is 10.9. The van der Waals surface area contributed by atoms with Gasteiger partial charge in [0, 0.05) is 0 Å². The zero-order chi connectivity index (χ0) is 17.8. The summed E-state index contributed by atoms with van der Waals surface area (Å²) in [5, 5.41) is 13.6. The molecule has 0 amide bonds. The van der Waals surface area contributed by atoms with E-state index in [9.17, 15) is 5.11 Å². The first-order chi connectivity index (χ1) is 11.9. The van der Waals surface area contributed by atoms with Gasteiger partial charge in [0.15, 0.2) is 0 Å². The van der Waals surface area contributed by atoms with E-state index in [1.165, 1.54) is 38.5 Å². The van der Waals surface area contributed by atoms with Crippen LogP contribution in [-0.4, -0.2) is 24.8 Å². The lowest BCUT2D eigenvalue weighted by molar-refractivity contribution is -0.0424. The third kappa shape index (κ3) is 2.65. The summed E-state index contributed by atoms with van der Waals surface area (Å²) in [4.78, 5) is 0. The van der Waals surface area contributed by atoms with E-state index < -0.39 is 0 Å². The second kappa shape index (κ2) is 6.37. The number of nitrogens with one attached hydrogen (secondary N) is 1. The van der Waals surface area contributed by atoms with Gasteiger partial charge in [0.05, 0.1) is 6.10 Å². The van der Waals surface area contributed by atoms with Gasteiger partial charge in [-0.15, -0.1) is 0 Å². The van der Waals surface area contributed by atoms with Crippen molar-refractivity contribution in [2.75, 3.05) is 13.6 Å². The zero-order valence-corrected chi connectivity index (χ0v) is 16.9. The summed E-state index contributed by atoms with van der Waals surface area (Å²) >= 11 is 0. The van der Waals surface area contributed by atoms with Gasteiger partial charge in [0.2, 0.25) is 0 Å². The predicted molar refractivity (Wildman–Crippen MR) is 104 cm³/mol. The van der Waals surface area contributed by atoms with Crippen molar-refractivity contribution in [2.45, 2.75) is 78.2 Å². The monoisotopic (exact) mass is 345 g/mol. The molecule has 0 aromatic carbocycles. The highest BCUT2D eigenvalue weighted by Crippen LogP contribution is 2.66. The summed E-state index contributed by atoms with van der Waals surface area (Å²) in [6.45, 7) is 8.82. The highest BCUT2D eigenvalue weighted by Gasteiger charge is 2.58. The normalized spacial score (nSPS) is 50.4. The molecular formula is C23H39NO. The summed E-state index contributed by atoms with van der Waals surface area (Å²) in [6, 6.07) is 0. The zero-order valence-electron chi connectivity index (χ0n) is 16.9. The molecule has 4 aliphatic carbocycles. The van der Waals surface area contributed by atoms with Crippen LogP contribution in [-0.2, 0) is 0 Å². The summed E-state index contributed by atoms with van der Waals surface area (Å²) < 4.78 is 0. The van der Waals surface area contributed by atoms with E-state index in [0.717, 1.165) is 49.0 Å². The maximum Gasteiger partial charge on any atom is 0.0543 e. The average Bonchev–Trinajstić information content (AvgIpc) is 2.93. The van der Waals surface area contributed by atoms with Gasteiger partial charge in [0.25, 0.3) is 0 Å². The van der Waals surface area contributed by atoms with Crippen LogP contribution in [0.3, 0.4) is 0 Å². The molecule has 0 aliphatic heterocycles. The molecule has 0 aromatic rings. The molecule has 8 atom stereocenters. The Bertz CT molecular complexity index is 542. The van der Waals surface area contributed by atoms with Gasteiger partial charge >= 0.3 is 0 Å². The van der Waals surface area contributed by atoms with Crippen LogP contribution >= 0.6 is 0 Å². The number of hydrogen-bond acceptors (Lipinski definition) is 2. The fraction of sp³-hybridized carbons (Fsp3) is 0.913. The van der Waals surface area contributed by atoms with Crippen LogP contribution in [0.2, 0.25) is 0 Å². The Kier molecular flexibility index (Phi) is 4.60. The summed E-state index contributed by atoms with van der Waals surface area (Å²) in [5.41, 5.74) is 2.83. The van der Waals surface area contributed by atoms with Crippen molar-refractivity contribution in [3.05, 3.63) is 11.6 Å². The largest absolute Gasteiger partial charge is 0.393 e. The van der Waals surface area contributed by atoms with Crippen LogP contribution in [0.1, 0.15) is 72.1 Å². The third-order valence-corrected chi connectivity index (χ3v) is 9.34. The second-order valence-electron chi connectivity index (χ2n) is 10.4. The Morgan fingerprint density at radius 2 is 1.84 bits per heavy atom. The Morgan fingerprint density at radius 3 is 2.60 bits per heavy atom. The number of rotatable bonds is 3. The fourth-order valence-corrected chi connectivity index (χ4v) is 7.93. The van der Waals surface area contributed by atoms with E-state index in [0.29, 0.717) is 10.8 Å². The van der Waals surface area contributed by atoms with E-state index >= 15 is 0 Å². The molecule has 0 heterocycles. The third-order valence-electron chi connectivity index (χ3n) is 9.34. The van der Waals surface area contributed by atoms with E-state index in [-0.39, 0.29) is 6.10 Å². The predicted octanol–water partition coefficient (Wildman–Crippen LogP) is 4.78. The summed E-state index contributed by atoms with van der Waals surface area (Å²) in [7, 11) is 2.10. The minimum atomic E-state index is -0.0415. The Morgan fingerprint density at radius 1 is 1.12 bits per heavy atom. The van der Waals surface area contributed by atoms with Crippen molar-refractivity contribution >= 4 is 0 Å². The number of aliphatic hydroxyl groups excluding tert-OH is 1. The topological polar surface area (TPSA) is 32.3 Å². The lowest BCUT2D eigenvalue weighted by Gasteiger charge is -2.57. The van der Waals surface area contributed by atoms with Crippen LogP contribution in [0.4, 0.5) is 0 Å². The number of fused-ring (bicyclic) bond motifs is 5. The van der Waals surface area contributed by atoms with Crippen molar-refractivity contribution in [1.29, 1.82) is 0 Å². The summed E-state index contributed by atoms with van der Waals surface area (Å²) in [5.74, 6) is 4.02. The molecule has 2 heteroatoms. The second-order valence-corrected chi connectivity index (χ2v) is 10.4. The molecule has 2 N–H and O–H groups in total. The van der Waals surface area contributed by atoms with Crippen LogP contribution in [0.15, 0.2) is 11.6 Å². The fourth-order valence-electron chi connectivity index (χ4n) is 7.93.